The molecule has 4 rings (SSSR count). The van der Waals surface area contributed by atoms with Crippen LogP contribution in [0.2, 0.25) is 0 Å². The molecule has 0 aliphatic carbocycles. The van der Waals surface area contributed by atoms with E-state index in [1.165, 1.54) is 0 Å². The molecule has 1 amide bonds. The number of hydrogen-bond donors (Lipinski definition) is 1. The van der Waals surface area contributed by atoms with Gasteiger partial charge in [-0.2, -0.15) is 0 Å². The lowest BCUT2D eigenvalue weighted by atomic mass is 10.0. The minimum Gasteiger partial charge on any atom is -0.379 e. The van der Waals surface area contributed by atoms with Crippen LogP contribution >= 0.6 is 0 Å². The first kappa shape index (κ1) is 20.6. The van der Waals surface area contributed by atoms with Crippen LogP contribution in [0.4, 0.5) is 0 Å². The van der Waals surface area contributed by atoms with Crippen molar-refractivity contribution in [2.45, 2.75) is 26.3 Å². The van der Waals surface area contributed by atoms with Gasteiger partial charge in [-0.05, 0) is 48.7 Å². The van der Waals surface area contributed by atoms with E-state index in [1.807, 2.05) is 59.4 Å². The van der Waals surface area contributed by atoms with Gasteiger partial charge in [-0.1, -0.05) is 26.0 Å². The summed E-state index contributed by atoms with van der Waals surface area (Å²) in [6.07, 6.45) is 2.88. The number of amides is 1. The standard InChI is InChI=1S/C24H30N4O2/c1-18(2)15-21(27-11-13-30-14-12-27)16-25-24(29)19-7-9-20(10-8-19)28-17-26-22-5-3-4-6-23(22)28/h3-10,17-18,21H,11-16H2,1-2H3,(H,25,29). The Kier molecular flexibility index (Phi) is 6.45. The lowest BCUT2D eigenvalue weighted by Gasteiger charge is -2.35. The van der Waals surface area contributed by atoms with Crippen molar-refractivity contribution in [2.75, 3.05) is 32.8 Å². The number of aromatic nitrogens is 2. The van der Waals surface area contributed by atoms with Crippen LogP contribution in [0, 0.1) is 5.92 Å². The molecule has 1 aliphatic rings. The van der Waals surface area contributed by atoms with Crippen molar-refractivity contribution in [3.8, 4) is 5.69 Å². The van der Waals surface area contributed by atoms with Gasteiger partial charge in [-0.25, -0.2) is 4.98 Å². The average molecular weight is 407 g/mol. The number of fused-ring (bicyclic) bond motifs is 1. The van der Waals surface area contributed by atoms with E-state index in [2.05, 4.69) is 29.0 Å². The summed E-state index contributed by atoms with van der Waals surface area (Å²) in [4.78, 5) is 19.6. The third-order valence-electron chi connectivity index (χ3n) is 5.67. The van der Waals surface area contributed by atoms with E-state index in [4.69, 9.17) is 4.74 Å². The molecule has 6 heteroatoms. The van der Waals surface area contributed by atoms with Crippen LogP contribution in [-0.2, 0) is 4.74 Å². The molecule has 1 unspecified atom stereocenters. The van der Waals surface area contributed by atoms with Crippen molar-refractivity contribution in [3.63, 3.8) is 0 Å². The number of carbonyl (C=O) groups excluding carboxylic acids is 1. The van der Waals surface area contributed by atoms with E-state index in [0.29, 0.717) is 24.1 Å². The highest BCUT2D eigenvalue weighted by Crippen LogP contribution is 2.18. The van der Waals surface area contributed by atoms with Crippen LogP contribution in [0.1, 0.15) is 30.6 Å². The Morgan fingerprint density at radius 3 is 2.57 bits per heavy atom. The molecule has 1 atom stereocenters. The second-order valence-corrected chi connectivity index (χ2v) is 8.29. The fourth-order valence-corrected chi connectivity index (χ4v) is 4.10. The predicted octanol–water partition coefficient (Wildman–Crippen LogP) is 3.50. The number of rotatable bonds is 7. The number of morpholine rings is 1. The molecule has 1 fully saturated rings. The minimum absolute atomic E-state index is 0.0287. The second kappa shape index (κ2) is 9.41. The molecular formula is C24H30N4O2. The summed E-state index contributed by atoms with van der Waals surface area (Å²) in [6, 6.07) is 16.1. The third kappa shape index (κ3) is 4.71. The van der Waals surface area contributed by atoms with Gasteiger partial charge in [0.25, 0.3) is 5.91 Å². The summed E-state index contributed by atoms with van der Waals surface area (Å²) >= 11 is 0. The third-order valence-corrected chi connectivity index (χ3v) is 5.67. The summed E-state index contributed by atoms with van der Waals surface area (Å²) in [5, 5.41) is 3.15. The first-order chi connectivity index (χ1) is 14.6. The number of ether oxygens (including phenoxy) is 1. The Balaban J connectivity index is 1.41. The van der Waals surface area contributed by atoms with Crippen molar-refractivity contribution in [1.82, 2.24) is 19.8 Å². The molecule has 2 aromatic carbocycles. The van der Waals surface area contributed by atoms with Crippen LogP contribution in [-0.4, -0.2) is 59.2 Å². The average Bonchev–Trinajstić information content (AvgIpc) is 3.21. The summed E-state index contributed by atoms with van der Waals surface area (Å²) in [7, 11) is 0. The van der Waals surface area contributed by atoms with Gasteiger partial charge in [0, 0.05) is 36.9 Å². The van der Waals surface area contributed by atoms with Crippen LogP contribution in [0.3, 0.4) is 0 Å². The molecule has 1 aromatic heterocycles. The number of nitrogens with one attached hydrogen (secondary N) is 1. The molecule has 0 bridgehead atoms. The summed E-state index contributed by atoms with van der Waals surface area (Å²) < 4.78 is 7.52. The largest absolute Gasteiger partial charge is 0.379 e. The van der Waals surface area contributed by atoms with E-state index in [1.54, 1.807) is 0 Å². The van der Waals surface area contributed by atoms with Crippen LogP contribution in [0.15, 0.2) is 54.9 Å². The molecule has 1 N–H and O–H groups in total. The molecule has 0 radical (unpaired) electrons. The molecule has 3 aromatic rings. The van der Waals surface area contributed by atoms with Crippen LogP contribution in [0.25, 0.3) is 16.7 Å². The highest BCUT2D eigenvalue weighted by Gasteiger charge is 2.22. The summed E-state index contributed by atoms with van der Waals surface area (Å²) in [5.74, 6) is 0.554. The van der Waals surface area contributed by atoms with E-state index in [9.17, 15) is 4.79 Å². The maximum atomic E-state index is 12.8. The first-order valence-corrected chi connectivity index (χ1v) is 10.7. The van der Waals surface area contributed by atoms with E-state index < -0.39 is 0 Å². The van der Waals surface area contributed by atoms with E-state index >= 15 is 0 Å². The number of nitrogens with zero attached hydrogens (tertiary/aromatic N) is 3. The van der Waals surface area contributed by atoms with E-state index in [-0.39, 0.29) is 5.91 Å². The van der Waals surface area contributed by atoms with Gasteiger partial charge >= 0.3 is 0 Å². The van der Waals surface area contributed by atoms with Crippen LogP contribution in [0.5, 0.6) is 0 Å². The number of benzene rings is 2. The molecule has 2 heterocycles. The molecule has 1 aliphatic heterocycles. The van der Waals surface area contributed by atoms with Gasteiger partial charge in [0.1, 0.15) is 6.33 Å². The smallest absolute Gasteiger partial charge is 0.251 e. The Bertz CT molecular complexity index is 974. The summed E-state index contributed by atoms with van der Waals surface area (Å²) in [5.41, 5.74) is 3.68. The maximum Gasteiger partial charge on any atom is 0.251 e. The fraction of sp³-hybridized carbons (Fsp3) is 0.417. The summed E-state index contributed by atoms with van der Waals surface area (Å²) in [6.45, 7) is 8.52. The monoisotopic (exact) mass is 406 g/mol. The first-order valence-electron chi connectivity index (χ1n) is 10.7. The van der Waals surface area contributed by atoms with Gasteiger partial charge in [-0.3, -0.25) is 14.3 Å². The van der Waals surface area contributed by atoms with Crippen LogP contribution < -0.4 is 5.32 Å². The fourth-order valence-electron chi connectivity index (χ4n) is 4.10. The van der Waals surface area contributed by atoms with Gasteiger partial charge in [-0.15, -0.1) is 0 Å². The molecular weight excluding hydrogens is 376 g/mol. The molecule has 0 saturated carbocycles. The second-order valence-electron chi connectivity index (χ2n) is 8.29. The molecule has 0 spiro atoms. The van der Waals surface area contributed by atoms with Crippen molar-refractivity contribution in [1.29, 1.82) is 0 Å². The zero-order valence-corrected chi connectivity index (χ0v) is 17.8. The predicted molar refractivity (Wildman–Crippen MR) is 119 cm³/mol. The Morgan fingerprint density at radius 1 is 1.10 bits per heavy atom. The van der Waals surface area contributed by atoms with Gasteiger partial charge in [0.2, 0.25) is 0 Å². The maximum absolute atomic E-state index is 12.8. The minimum atomic E-state index is -0.0287. The number of carbonyl (C=O) groups is 1. The quantitative estimate of drug-likeness (QED) is 0.652. The lowest BCUT2D eigenvalue weighted by molar-refractivity contribution is 0.0124. The van der Waals surface area contributed by atoms with Gasteiger partial charge in [0.15, 0.2) is 0 Å². The lowest BCUT2D eigenvalue weighted by Crippen LogP contribution is -2.49. The van der Waals surface area contributed by atoms with Gasteiger partial charge < -0.3 is 10.1 Å². The molecule has 6 nitrogen and oxygen atoms in total. The topological polar surface area (TPSA) is 59.4 Å². The molecule has 30 heavy (non-hydrogen) atoms. The van der Waals surface area contributed by atoms with E-state index in [0.717, 1.165) is 49.4 Å². The Labute approximate surface area is 177 Å². The SMILES string of the molecule is CC(C)CC(CNC(=O)c1ccc(-n2cnc3ccccc32)cc1)N1CCOCC1. The molecule has 158 valence electrons. The Hall–Kier alpha value is -2.70. The Morgan fingerprint density at radius 2 is 1.83 bits per heavy atom. The van der Waals surface area contributed by atoms with Crippen molar-refractivity contribution in [3.05, 3.63) is 60.4 Å². The molecule has 1 saturated heterocycles. The zero-order chi connectivity index (χ0) is 20.9. The van der Waals surface area contributed by atoms with Gasteiger partial charge in [0.05, 0.1) is 24.2 Å². The van der Waals surface area contributed by atoms with Crippen molar-refractivity contribution in [2.24, 2.45) is 5.92 Å². The van der Waals surface area contributed by atoms with Crippen molar-refractivity contribution < 1.29 is 9.53 Å². The zero-order valence-electron chi connectivity index (χ0n) is 17.8. The number of hydrogen-bond acceptors (Lipinski definition) is 4. The van der Waals surface area contributed by atoms with Crippen molar-refractivity contribution >= 4 is 16.9 Å². The highest BCUT2D eigenvalue weighted by molar-refractivity contribution is 5.94. The normalized spacial score (nSPS) is 16.1. The highest BCUT2D eigenvalue weighted by atomic mass is 16.5. The number of imidazole rings is 1. The number of para-hydroxylation sites is 2.